The van der Waals surface area contributed by atoms with Crippen LogP contribution in [0.1, 0.15) is 78.1 Å². The Morgan fingerprint density at radius 1 is 0.818 bits per heavy atom. The molecular weight excluding hydrogens is 717 g/mol. The summed E-state index contributed by atoms with van der Waals surface area (Å²) in [7, 11) is 0. The molecule has 14 heteroatoms. The van der Waals surface area contributed by atoms with Crippen LogP contribution in [0.4, 0.5) is 5.82 Å². The number of piperidine rings is 2. The zero-order valence-electron chi connectivity index (χ0n) is 30.4. The van der Waals surface area contributed by atoms with E-state index in [1.165, 1.54) is 6.33 Å². The topological polar surface area (TPSA) is 166 Å². The third-order valence-corrected chi connectivity index (χ3v) is 11.7. The number of carbonyl (C=O) groups is 4. The number of fused-ring (bicyclic) bond motifs is 2. The van der Waals surface area contributed by atoms with E-state index in [9.17, 15) is 19.2 Å². The predicted octanol–water partition coefficient (Wildman–Crippen LogP) is 6.26. The predicted molar refractivity (Wildman–Crippen MR) is 209 cm³/mol. The first kappa shape index (κ1) is 36.4. The molecule has 5 heterocycles. The van der Waals surface area contributed by atoms with Gasteiger partial charge in [0, 0.05) is 30.0 Å². The van der Waals surface area contributed by atoms with Gasteiger partial charge in [0.05, 0.1) is 22.6 Å². The number of likely N-dealkylation sites (tertiary alicyclic amines) is 1. The Bertz CT molecular complexity index is 2240. The molecule has 55 heavy (non-hydrogen) atoms. The number of hydrogen-bond donors (Lipinski definition) is 2. The van der Waals surface area contributed by atoms with Gasteiger partial charge in [-0.05, 0) is 92.9 Å². The molecular formula is C41H42N8O5S. The molecule has 3 aromatic carbocycles. The quantitative estimate of drug-likeness (QED) is 0.0791. The first-order valence-corrected chi connectivity index (χ1v) is 19.9. The molecule has 8 rings (SSSR count). The minimum Gasteiger partial charge on any atom is -0.457 e. The number of thioether (sulfide) groups is 1. The van der Waals surface area contributed by atoms with E-state index >= 15 is 0 Å². The highest BCUT2D eigenvalue weighted by Gasteiger charge is 2.45. The molecule has 5 aromatic rings. The van der Waals surface area contributed by atoms with Crippen molar-refractivity contribution < 1.29 is 23.9 Å². The van der Waals surface area contributed by atoms with Crippen LogP contribution in [0.3, 0.4) is 0 Å². The van der Waals surface area contributed by atoms with E-state index in [1.807, 2.05) is 65.3 Å². The number of unbranched alkanes of at least 4 members (excludes halogenated alkanes) is 3. The number of amides is 4. The van der Waals surface area contributed by atoms with Crippen molar-refractivity contribution in [3.63, 3.8) is 0 Å². The molecule has 1 atom stereocenters. The fraction of sp³-hybridized carbons (Fsp3) is 0.341. The van der Waals surface area contributed by atoms with Crippen LogP contribution in [-0.4, -0.2) is 84.6 Å². The SMILES string of the molecule is Nc1ncnc2c1c(-c1ccc(Oc3ccccc3)cc1)nn2C1CCN(CCCCCCSc2cccc3c2C(=O)N(C2CCC(=O)NC2=O)C3=O)CC1. The maximum Gasteiger partial charge on any atom is 0.263 e. The van der Waals surface area contributed by atoms with E-state index in [1.54, 1.807) is 23.9 Å². The van der Waals surface area contributed by atoms with Gasteiger partial charge in [-0.3, -0.25) is 29.4 Å². The molecule has 1 unspecified atom stereocenters. The summed E-state index contributed by atoms with van der Waals surface area (Å²) in [5.41, 5.74) is 9.54. The lowest BCUT2D eigenvalue weighted by atomic mass is 10.0. The van der Waals surface area contributed by atoms with Crippen LogP contribution in [0.2, 0.25) is 0 Å². The summed E-state index contributed by atoms with van der Waals surface area (Å²) in [6.45, 7) is 2.99. The number of nitrogen functional groups attached to an aromatic ring is 1. The Morgan fingerprint density at radius 2 is 1.58 bits per heavy atom. The number of nitrogens with zero attached hydrogens (tertiary/aromatic N) is 6. The van der Waals surface area contributed by atoms with Crippen molar-refractivity contribution in [2.75, 3.05) is 31.1 Å². The number of rotatable bonds is 13. The molecule has 2 fully saturated rings. The molecule has 282 valence electrons. The summed E-state index contributed by atoms with van der Waals surface area (Å²) in [4.78, 5) is 63.8. The van der Waals surface area contributed by atoms with Crippen LogP contribution in [0, 0.1) is 0 Å². The van der Waals surface area contributed by atoms with Gasteiger partial charge in [0.25, 0.3) is 11.8 Å². The zero-order valence-corrected chi connectivity index (χ0v) is 31.2. The minimum absolute atomic E-state index is 0.0996. The Kier molecular flexibility index (Phi) is 10.6. The largest absolute Gasteiger partial charge is 0.457 e. The maximum atomic E-state index is 13.4. The van der Waals surface area contributed by atoms with Gasteiger partial charge in [0.1, 0.15) is 35.4 Å². The molecule has 0 spiro atoms. The van der Waals surface area contributed by atoms with Crippen molar-refractivity contribution in [2.45, 2.75) is 68.3 Å². The van der Waals surface area contributed by atoms with Gasteiger partial charge < -0.3 is 15.4 Å². The first-order chi connectivity index (χ1) is 26.9. The Hall–Kier alpha value is -5.60. The Labute approximate surface area is 322 Å². The van der Waals surface area contributed by atoms with Gasteiger partial charge in [-0.1, -0.05) is 37.1 Å². The molecule has 3 aliphatic rings. The lowest BCUT2D eigenvalue weighted by molar-refractivity contribution is -0.136. The van der Waals surface area contributed by atoms with Gasteiger partial charge >= 0.3 is 0 Å². The number of para-hydroxylation sites is 1. The molecule has 0 bridgehead atoms. The summed E-state index contributed by atoms with van der Waals surface area (Å²) in [6, 6.07) is 22.1. The van der Waals surface area contributed by atoms with Crippen molar-refractivity contribution in [1.82, 2.24) is 34.9 Å². The number of nitrogens with two attached hydrogens (primary N) is 1. The number of ether oxygens (including phenoxy) is 1. The fourth-order valence-electron chi connectivity index (χ4n) is 7.72. The van der Waals surface area contributed by atoms with E-state index in [0.717, 1.165) is 107 Å². The summed E-state index contributed by atoms with van der Waals surface area (Å²) in [6.07, 6.45) is 7.94. The van der Waals surface area contributed by atoms with Crippen LogP contribution in [-0.2, 0) is 9.59 Å². The molecule has 0 saturated carbocycles. The molecule has 4 amide bonds. The van der Waals surface area contributed by atoms with E-state index in [4.69, 9.17) is 15.6 Å². The molecule has 3 aliphatic heterocycles. The van der Waals surface area contributed by atoms with Crippen molar-refractivity contribution in [3.05, 3.63) is 90.3 Å². The molecule has 13 nitrogen and oxygen atoms in total. The Balaban J connectivity index is 0.802. The third kappa shape index (κ3) is 7.56. The zero-order chi connectivity index (χ0) is 37.9. The van der Waals surface area contributed by atoms with Crippen LogP contribution < -0.4 is 15.8 Å². The standard InChI is InChI=1S/C41H42N8O5S/c42-37-35-36(26-13-15-29(16-14-26)54-28-9-4-3-5-10-28)46-49(38(35)44-25-43-37)27-19-22-47(23-20-27)21-6-1-2-7-24-55-32-12-8-11-30-34(32)41(53)48(40(30)52)31-17-18-33(50)45-39(31)51/h3-5,8-16,25,27,31H,1-2,6-7,17-24H2,(H2,42,43,44)(H,45,50,51). The number of nitrogens with one attached hydrogen (secondary N) is 1. The highest BCUT2D eigenvalue weighted by molar-refractivity contribution is 7.99. The smallest absolute Gasteiger partial charge is 0.263 e. The highest BCUT2D eigenvalue weighted by atomic mass is 32.2. The monoisotopic (exact) mass is 758 g/mol. The van der Waals surface area contributed by atoms with Crippen LogP contribution in [0.15, 0.2) is 84.0 Å². The number of carbonyl (C=O) groups excluding carboxylic acids is 4. The average Bonchev–Trinajstić information content (AvgIpc) is 3.71. The van der Waals surface area contributed by atoms with E-state index in [0.29, 0.717) is 16.9 Å². The highest BCUT2D eigenvalue weighted by Crippen LogP contribution is 2.37. The van der Waals surface area contributed by atoms with Gasteiger partial charge in [-0.15, -0.1) is 11.8 Å². The van der Waals surface area contributed by atoms with Gasteiger partial charge in [-0.2, -0.15) is 5.10 Å². The van der Waals surface area contributed by atoms with E-state index in [-0.39, 0.29) is 24.8 Å². The number of imide groups is 2. The lowest BCUT2D eigenvalue weighted by Gasteiger charge is -2.32. The van der Waals surface area contributed by atoms with Crippen molar-refractivity contribution in [1.29, 1.82) is 0 Å². The summed E-state index contributed by atoms with van der Waals surface area (Å²) >= 11 is 1.57. The molecule has 0 radical (unpaired) electrons. The summed E-state index contributed by atoms with van der Waals surface area (Å²) in [5.74, 6) is 0.836. The van der Waals surface area contributed by atoms with E-state index in [2.05, 4.69) is 20.2 Å². The lowest BCUT2D eigenvalue weighted by Crippen LogP contribution is -2.54. The van der Waals surface area contributed by atoms with Crippen LogP contribution in [0.5, 0.6) is 11.5 Å². The second-order valence-corrected chi connectivity index (χ2v) is 15.3. The van der Waals surface area contributed by atoms with Gasteiger partial charge in [-0.25, -0.2) is 14.6 Å². The van der Waals surface area contributed by atoms with E-state index < -0.39 is 23.8 Å². The first-order valence-electron chi connectivity index (χ1n) is 18.9. The van der Waals surface area contributed by atoms with Crippen LogP contribution >= 0.6 is 11.8 Å². The molecule has 2 aromatic heterocycles. The average molecular weight is 759 g/mol. The van der Waals surface area contributed by atoms with Gasteiger partial charge in [0.2, 0.25) is 11.8 Å². The number of hydrogen-bond acceptors (Lipinski definition) is 11. The van der Waals surface area contributed by atoms with Gasteiger partial charge in [0.15, 0.2) is 5.65 Å². The fourth-order valence-corrected chi connectivity index (χ4v) is 8.81. The molecule has 3 N–H and O–H groups in total. The third-order valence-electron chi connectivity index (χ3n) is 10.6. The second kappa shape index (κ2) is 16.0. The number of benzene rings is 3. The Morgan fingerprint density at radius 3 is 2.36 bits per heavy atom. The summed E-state index contributed by atoms with van der Waals surface area (Å²) < 4.78 is 8.03. The van der Waals surface area contributed by atoms with Crippen molar-refractivity contribution >= 4 is 52.2 Å². The molecule has 0 aliphatic carbocycles. The normalized spacial score (nSPS) is 17.9. The number of aromatic nitrogens is 4. The summed E-state index contributed by atoms with van der Waals surface area (Å²) in [5, 5.41) is 8.09. The number of anilines is 1. The van der Waals surface area contributed by atoms with Crippen molar-refractivity contribution in [3.8, 4) is 22.8 Å². The second-order valence-electron chi connectivity index (χ2n) is 14.2. The minimum atomic E-state index is -0.961. The molecule has 2 saturated heterocycles. The van der Waals surface area contributed by atoms with Crippen molar-refractivity contribution in [2.24, 2.45) is 0 Å². The maximum absolute atomic E-state index is 13.4. The van der Waals surface area contributed by atoms with Crippen LogP contribution in [0.25, 0.3) is 22.3 Å².